The first-order valence-electron chi connectivity index (χ1n) is 18.1. The molecule has 0 saturated carbocycles. The van der Waals surface area contributed by atoms with Crippen molar-refractivity contribution in [2.45, 2.75) is 65.2 Å². The van der Waals surface area contributed by atoms with Crippen LogP contribution in [-0.2, 0) is 5.41 Å². The van der Waals surface area contributed by atoms with E-state index in [0.29, 0.717) is 5.92 Å². The van der Waals surface area contributed by atoms with Crippen LogP contribution in [0.2, 0.25) is 0 Å². The summed E-state index contributed by atoms with van der Waals surface area (Å²) in [7, 11) is 4.15. The Balaban J connectivity index is 0.000000213. The Kier molecular flexibility index (Phi) is 12.0. The molecule has 4 aromatic rings. The van der Waals surface area contributed by atoms with Crippen LogP contribution in [0.25, 0.3) is 21.5 Å². The summed E-state index contributed by atoms with van der Waals surface area (Å²) in [6.45, 7) is 11.0. The Morgan fingerprint density at radius 1 is 0.922 bits per heavy atom. The Morgan fingerprint density at radius 3 is 2.31 bits per heavy atom. The SMILES string of the molecule is C#C.C/C=C(\C=C/[NH2+]C1=CCCC/C1=C\C=C1\Nc2ccc3ccccc3c2[C@@H]1C)N(C)C.C/C=C/C1=[NH+]c2ccc3ccccc3c2C1(C)C. The Labute approximate surface area is 305 Å². The van der Waals surface area contributed by atoms with E-state index >= 15 is 0 Å². The molecule has 1 aliphatic carbocycles. The van der Waals surface area contributed by atoms with Crippen LogP contribution >= 0.6 is 0 Å². The molecule has 0 radical (unpaired) electrons. The van der Waals surface area contributed by atoms with Gasteiger partial charge in [-0.1, -0.05) is 79.7 Å². The molecule has 4 nitrogen and oxygen atoms in total. The number of nitrogens with zero attached hydrogens (tertiary/aromatic N) is 1. The first kappa shape index (κ1) is 36.9. The number of hydrogen-bond acceptors (Lipinski definition) is 2. The molecule has 4 heteroatoms. The molecule has 0 bridgehead atoms. The number of hydrogen-bond donors (Lipinski definition) is 3. The van der Waals surface area contributed by atoms with Crippen molar-refractivity contribution in [3.63, 3.8) is 0 Å². The Bertz CT molecular complexity index is 2130. The molecule has 51 heavy (non-hydrogen) atoms. The molecular weight excluding hydrogens is 621 g/mol. The van der Waals surface area contributed by atoms with Crippen molar-refractivity contribution in [1.29, 1.82) is 0 Å². The van der Waals surface area contributed by atoms with E-state index in [1.54, 1.807) is 0 Å². The van der Waals surface area contributed by atoms with Crippen LogP contribution in [-0.4, -0.2) is 24.7 Å². The second kappa shape index (κ2) is 16.6. The number of terminal acetylenes is 1. The smallest absolute Gasteiger partial charge is 0.208 e. The number of allylic oxidation sites excluding steroid dienone is 9. The highest BCUT2D eigenvalue weighted by Gasteiger charge is 2.41. The zero-order valence-electron chi connectivity index (χ0n) is 31.4. The minimum atomic E-state index is 0.0444. The molecule has 3 aliphatic rings. The fraction of sp³-hybridized carbons (Fsp3) is 0.255. The maximum Gasteiger partial charge on any atom is 0.208 e. The van der Waals surface area contributed by atoms with Gasteiger partial charge in [0.1, 0.15) is 5.70 Å². The Morgan fingerprint density at radius 2 is 1.61 bits per heavy atom. The quantitative estimate of drug-likeness (QED) is 0.141. The van der Waals surface area contributed by atoms with Crippen LogP contribution in [0.1, 0.15) is 70.9 Å². The molecule has 4 aromatic carbocycles. The van der Waals surface area contributed by atoms with E-state index < -0.39 is 0 Å². The van der Waals surface area contributed by atoms with E-state index in [1.807, 2.05) is 0 Å². The standard InChI is InChI=1S/C28H33N3.C17H17N.C2H2/c1-5-23(31(3)4)18-19-29-26-13-9-7-11-22(26)15-16-25-20(2)28-24-12-8-6-10-21(24)14-17-27(28)30-25;1-4-7-15-17(2,3)16-13-9-6-5-8-12(13)10-11-14(16)18-15;1-2/h5-6,8,10,12-20,29-30H,7,9,11H2,1-4H3;4-11H,1-3H3;1-2H/p+2/b19-18-,22-15+,23-5+,25-16+;7-4+;/t20-;;/m1../s1. The van der Waals surface area contributed by atoms with Gasteiger partial charge in [0.05, 0.1) is 11.6 Å². The summed E-state index contributed by atoms with van der Waals surface area (Å²) in [5, 5.41) is 11.3. The van der Waals surface area contributed by atoms with Crippen molar-refractivity contribution in [2.24, 2.45) is 0 Å². The van der Waals surface area contributed by atoms with Crippen molar-refractivity contribution in [2.75, 3.05) is 19.4 Å². The lowest BCUT2D eigenvalue weighted by Gasteiger charge is -2.17. The largest absolute Gasteiger partial charge is 0.378 e. The summed E-state index contributed by atoms with van der Waals surface area (Å²) in [4.78, 5) is 5.68. The molecule has 7 rings (SSSR count). The first-order valence-corrected chi connectivity index (χ1v) is 18.1. The third kappa shape index (κ3) is 7.85. The summed E-state index contributed by atoms with van der Waals surface area (Å²) < 4.78 is 0. The molecule has 0 aromatic heterocycles. The lowest BCUT2D eigenvalue weighted by molar-refractivity contribution is -0.532. The lowest BCUT2D eigenvalue weighted by Crippen LogP contribution is -2.76. The fourth-order valence-corrected chi connectivity index (χ4v) is 7.50. The van der Waals surface area contributed by atoms with Crippen LogP contribution in [0.3, 0.4) is 0 Å². The topological polar surface area (TPSA) is 45.9 Å². The number of benzene rings is 4. The predicted molar refractivity (Wildman–Crippen MR) is 220 cm³/mol. The van der Waals surface area contributed by atoms with Gasteiger partial charge in [0.25, 0.3) is 0 Å². The minimum Gasteiger partial charge on any atom is -0.378 e. The van der Waals surface area contributed by atoms with Gasteiger partial charge in [-0.05, 0) is 98.4 Å². The van der Waals surface area contributed by atoms with Gasteiger partial charge < -0.3 is 10.2 Å². The third-order valence-electron chi connectivity index (χ3n) is 10.2. The van der Waals surface area contributed by atoms with Crippen LogP contribution < -0.4 is 15.6 Å². The summed E-state index contributed by atoms with van der Waals surface area (Å²) in [6, 6.07) is 26.1. The average molecular weight is 675 g/mol. The van der Waals surface area contributed by atoms with E-state index in [1.165, 1.54) is 78.8 Å². The highest BCUT2D eigenvalue weighted by atomic mass is 15.1. The van der Waals surface area contributed by atoms with Crippen LogP contribution in [0.4, 0.5) is 11.4 Å². The second-order valence-corrected chi connectivity index (χ2v) is 14.0. The average Bonchev–Trinajstić information content (AvgIpc) is 3.62. The zero-order chi connectivity index (χ0) is 36.5. The van der Waals surface area contributed by atoms with E-state index in [-0.39, 0.29) is 5.41 Å². The van der Waals surface area contributed by atoms with Gasteiger partial charge in [0.2, 0.25) is 5.69 Å². The molecule has 2 aliphatic heterocycles. The van der Waals surface area contributed by atoms with E-state index in [0.717, 1.165) is 12.8 Å². The molecule has 0 fully saturated rings. The van der Waals surface area contributed by atoms with Crippen molar-refractivity contribution < 1.29 is 10.3 Å². The number of fused-ring (bicyclic) bond motifs is 6. The summed E-state index contributed by atoms with van der Waals surface area (Å²) >= 11 is 0. The lowest BCUT2D eigenvalue weighted by atomic mass is 9.79. The van der Waals surface area contributed by atoms with E-state index in [2.05, 4.69) is 204 Å². The van der Waals surface area contributed by atoms with E-state index in [4.69, 9.17) is 0 Å². The van der Waals surface area contributed by atoms with Crippen molar-refractivity contribution in [1.82, 2.24) is 4.90 Å². The minimum absolute atomic E-state index is 0.0444. The molecule has 0 amide bonds. The van der Waals surface area contributed by atoms with Crippen LogP contribution in [0.5, 0.6) is 0 Å². The molecule has 2 heterocycles. The molecule has 0 spiro atoms. The molecule has 1 atom stereocenters. The summed E-state index contributed by atoms with van der Waals surface area (Å²) in [5.74, 6) is 0.371. The number of anilines is 1. The predicted octanol–water partition coefficient (Wildman–Crippen LogP) is 8.90. The zero-order valence-corrected chi connectivity index (χ0v) is 31.4. The maximum absolute atomic E-state index is 4.00. The van der Waals surface area contributed by atoms with Crippen molar-refractivity contribution in [3.8, 4) is 12.8 Å². The molecular formula is C47H54N4+2. The number of likely N-dealkylation sites (N-methyl/N-ethyl adjacent to an activating group) is 1. The van der Waals surface area contributed by atoms with Crippen LogP contribution in [0.15, 0.2) is 144 Å². The van der Waals surface area contributed by atoms with Crippen molar-refractivity contribution in [3.05, 3.63) is 155 Å². The van der Waals surface area contributed by atoms with Crippen molar-refractivity contribution >= 4 is 38.6 Å². The monoisotopic (exact) mass is 674 g/mol. The van der Waals surface area contributed by atoms with Gasteiger partial charge >= 0.3 is 0 Å². The van der Waals surface area contributed by atoms with Gasteiger partial charge in [0, 0.05) is 66.4 Å². The third-order valence-corrected chi connectivity index (χ3v) is 10.2. The molecule has 4 N–H and O–H groups in total. The number of nitrogens with one attached hydrogen (secondary N) is 2. The highest BCUT2D eigenvalue weighted by molar-refractivity contribution is 6.06. The van der Waals surface area contributed by atoms with Gasteiger partial charge in [-0.25, -0.2) is 4.99 Å². The molecule has 260 valence electrons. The molecule has 0 saturated heterocycles. The van der Waals surface area contributed by atoms with Gasteiger partial charge in [-0.15, -0.1) is 12.8 Å². The van der Waals surface area contributed by atoms with Crippen LogP contribution in [0, 0.1) is 12.8 Å². The number of nitrogens with two attached hydrogens (primary N) is 1. The van der Waals surface area contributed by atoms with E-state index in [9.17, 15) is 0 Å². The second-order valence-electron chi connectivity index (χ2n) is 14.0. The Hall–Kier alpha value is -5.37. The number of quaternary nitrogens is 1. The molecule has 0 unspecified atom stereocenters. The normalized spacial score (nSPS) is 19.2. The van der Waals surface area contributed by atoms with Gasteiger partial charge in [0.15, 0.2) is 5.71 Å². The fourth-order valence-electron chi connectivity index (χ4n) is 7.50. The first-order chi connectivity index (χ1) is 24.7. The highest BCUT2D eigenvalue weighted by Crippen LogP contribution is 2.42. The summed E-state index contributed by atoms with van der Waals surface area (Å²) in [5.41, 5.74) is 11.9. The van der Waals surface area contributed by atoms with Gasteiger partial charge in [-0.3, -0.25) is 5.32 Å². The summed E-state index contributed by atoms with van der Waals surface area (Å²) in [6.07, 6.45) is 29.3. The maximum atomic E-state index is 4.00. The number of rotatable bonds is 6. The van der Waals surface area contributed by atoms with Gasteiger partial charge in [-0.2, -0.15) is 0 Å².